The molecule has 0 radical (unpaired) electrons. The second-order valence-electron chi connectivity index (χ2n) is 8.80. The maximum absolute atomic E-state index is 11.9. The second-order valence-corrected chi connectivity index (χ2v) is 8.80. The van der Waals surface area contributed by atoms with E-state index < -0.39 is 17.8 Å². The van der Waals surface area contributed by atoms with E-state index in [0.29, 0.717) is 26.2 Å². The summed E-state index contributed by atoms with van der Waals surface area (Å²) in [4.78, 5) is 11.9. The summed E-state index contributed by atoms with van der Waals surface area (Å²) in [5.41, 5.74) is 1.56. The van der Waals surface area contributed by atoms with Gasteiger partial charge in [0.1, 0.15) is 11.4 Å². The molecule has 0 aliphatic carbocycles. The average Bonchev–Trinajstić information content (AvgIpc) is 2.76. The maximum Gasteiger partial charge on any atom is 0.407 e. The van der Waals surface area contributed by atoms with Crippen molar-refractivity contribution < 1.29 is 24.1 Å². The number of nitrogens with one attached hydrogen (secondary N) is 1. The summed E-state index contributed by atoms with van der Waals surface area (Å²) in [6.07, 6.45) is 8.66. The van der Waals surface area contributed by atoms with Crippen molar-refractivity contribution in [3.05, 3.63) is 66.3 Å². The normalized spacial score (nSPS) is 14.1. The molecule has 184 valence electrons. The third-order valence-corrected chi connectivity index (χ3v) is 4.90. The van der Waals surface area contributed by atoms with E-state index >= 15 is 0 Å². The quantitative estimate of drug-likeness (QED) is 0.216. The Morgan fingerprint density at radius 3 is 2.52 bits per heavy atom. The van der Waals surface area contributed by atoms with Gasteiger partial charge in [-0.2, -0.15) is 0 Å². The third kappa shape index (κ3) is 12.9. The molecule has 0 fully saturated rings. The molecule has 33 heavy (non-hydrogen) atoms. The highest BCUT2D eigenvalue weighted by atomic mass is 16.6. The average molecular weight is 460 g/mol. The summed E-state index contributed by atoms with van der Waals surface area (Å²) in [7, 11) is 1.64. The molecule has 2 atom stereocenters. The largest absolute Gasteiger partial charge is 0.497 e. The summed E-state index contributed by atoms with van der Waals surface area (Å²) < 4.78 is 16.2. The van der Waals surface area contributed by atoms with Crippen molar-refractivity contribution in [1.82, 2.24) is 5.32 Å². The van der Waals surface area contributed by atoms with Crippen LogP contribution in [0.15, 0.2) is 60.7 Å². The van der Waals surface area contributed by atoms with Crippen molar-refractivity contribution in [2.24, 2.45) is 5.92 Å². The van der Waals surface area contributed by atoms with Gasteiger partial charge in [0.05, 0.1) is 26.4 Å². The number of benzene rings is 1. The molecule has 0 aliphatic rings. The van der Waals surface area contributed by atoms with Crippen LogP contribution >= 0.6 is 0 Å². The van der Waals surface area contributed by atoms with Gasteiger partial charge in [-0.1, -0.05) is 48.9 Å². The number of carbonyl (C=O) groups is 1. The highest BCUT2D eigenvalue weighted by molar-refractivity contribution is 5.67. The van der Waals surface area contributed by atoms with Crippen LogP contribution in [0.25, 0.3) is 0 Å². The first-order valence-corrected chi connectivity index (χ1v) is 11.5. The zero-order valence-corrected chi connectivity index (χ0v) is 20.8. The van der Waals surface area contributed by atoms with E-state index in [9.17, 15) is 9.90 Å². The Morgan fingerprint density at radius 2 is 1.94 bits per heavy atom. The summed E-state index contributed by atoms with van der Waals surface area (Å²) in [5, 5.41) is 13.1. The maximum atomic E-state index is 11.9. The van der Waals surface area contributed by atoms with Crippen molar-refractivity contribution in [2.45, 2.75) is 65.3 Å². The number of hydrogen-bond donors (Lipinski definition) is 2. The lowest BCUT2D eigenvalue weighted by atomic mass is 9.98. The number of methoxy groups -OCH3 is 1. The van der Waals surface area contributed by atoms with Crippen molar-refractivity contribution in [1.29, 1.82) is 0 Å². The van der Waals surface area contributed by atoms with Gasteiger partial charge in [-0.25, -0.2) is 4.79 Å². The molecule has 0 saturated heterocycles. The third-order valence-electron chi connectivity index (χ3n) is 4.90. The molecule has 6 heteroatoms. The van der Waals surface area contributed by atoms with Gasteiger partial charge in [0, 0.05) is 12.5 Å². The van der Waals surface area contributed by atoms with E-state index in [0.717, 1.165) is 29.7 Å². The summed E-state index contributed by atoms with van der Waals surface area (Å²) in [5.74, 6) is 0.831. The molecule has 2 N–H and O–H groups in total. The topological polar surface area (TPSA) is 77.0 Å². The predicted molar refractivity (Wildman–Crippen MR) is 133 cm³/mol. The molecule has 1 aromatic carbocycles. The lowest BCUT2D eigenvalue weighted by Crippen LogP contribution is -2.33. The number of hydrogen-bond acceptors (Lipinski definition) is 5. The van der Waals surface area contributed by atoms with Crippen LogP contribution in [0.1, 0.15) is 52.5 Å². The van der Waals surface area contributed by atoms with Gasteiger partial charge >= 0.3 is 6.09 Å². The lowest BCUT2D eigenvalue weighted by molar-refractivity contribution is 0.0528. The van der Waals surface area contributed by atoms with Crippen LogP contribution < -0.4 is 10.1 Å². The number of rotatable bonds is 14. The van der Waals surface area contributed by atoms with Gasteiger partial charge in [0.2, 0.25) is 0 Å². The van der Waals surface area contributed by atoms with Crippen molar-refractivity contribution in [3.63, 3.8) is 0 Å². The van der Waals surface area contributed by atoms with Crippen molar-refractivity contribution in [3.8, 4) is 5.75 Å². The Labute approximate surface area is 199 Å². The van der Waals surface area contributed by atoms with Gasteiger partial charge in [-0.05, 0) is 57.7 Å². The van der Waals surface area contributed by atoms with Crippen LogP contribution in [0.4, 0.5) is 4.79 Å². The van der Waals surface area contributed by atoms with E-state index in [4.69, 9.17) is 14.2 Å². The fourth-order valence-corrected chi connectivity index (χ4v) is 3.03. The standard InChI is InChI=1S/C27H41NO5/c1-7-23(8-2)25(29)16-13-21(17-18-28-26(30)33-27(3,4)5)10-9-19-32-20-22-11-14-24(31-6)15-12-22/h7,10-16,23,25,29H,1,8-9,17-20H2,2-6H3,(H,28,30)/b16-13+,21-10-. The SMILES string of the molecule is C=CC(CC)C(O)/C=C/C(=C/CCOCc1ccc(OC)cc1)CCNC(=O)OC(C)(C)C. The highest BCUT2D eigenvalue weighted by Gasteiger charge is 2.15. The smallest absolute Gasteiger partial charge is 0.407 e. The Bertz CT molecular complexity index is 762. The van der Waals surface area contributed by atoms with Gasteiger partial charge < -0.3 is 24.6 Å². The molecule has 1 rings (SSSR count). The number of aliphatic hydroxyl groups is 1. The number of carbonyl (C=O) groups excluding carboxylic acids is 1. The molecular formula is C27H41NO5. The predicted octanol–water partition coefficient (Wildman–Crippen LogP) is 5.57. The van der Waals surface area contributed by atoms with Gasteiger partial charge in [0.15, 0.2) is 0 Å². The summed E-state index contributed by atoms with van der Waals surface area (Å²) in [6.45, 7) is 12.8. The lowest BCUT2D eigenvalue weighted by Gasteiger charge is -2.19. The summed E-state index contributed by atoms with van der Waals surface area (Å²) >= 11 is 0. The first kappa shape index (κ1) is 28.5. The first-order chi connectivity index (χ1) is 15.7. The number of amides is 1. The molecule has 0 bridgehead atoms. The second kappa shape index (κ2) is 15.3. The molecule has 6 nitrogen and oxygen atoms in total. The van der Waals surface area contributed by atoms with E-state index in [1.807, 2.05) is 58.0 Å². The molecule has 0 aliphatic heterocycles. The fourth-order valence-electron chi connectivity index (χ4n) is 3.03. The zero-order chi connectivity index (χ0) is 24.7. The number of alkyl carbamates (subject to hydrolysis) is 1. The molecule has 0 saturated carbocycles. The van der Waals surface area contributed by atoms with Crippen LogP contribution in [0.3, 0.4) is 0 Å². The van der Waals surface area contributed by atoms with Crippen molar-refractivity contribution >= 4 is 6.09 Å². The Hall–Kier alpha value is -2.57. The van der Waals surface area contributed by atoms with Crippen LogP contribution in [0.5, 0.6) is 5.75 Å². The van der Waals surface area contributed by atoms with E-state index in [-0.39, 0.29) is 5.92 Å². The Kier molecular flexibility index (Phi) is 13.2. The summed E-state index contributed by atoms with van der Waals surface area (Å²) in [6, 6.07) is 7.79. The first-order valence-electron chi connectivity index (χ1n) is 11.5. The number of allylic oxidation sites excluding steroid dienone is 1. The van der Waals surface area contributed by atoms with Crippen molar-refractivity contribution in [2.75, 3.05) is 20.3 Å². The van der Waals surface area contributed by atoms with Crippen LogP contribution in [0.2, 0.25) is 0 Å². The van der Waals surface area contributed by atoms with Crippen LogP contribution in [0, 0.1) is 5.92 Å². The molecule has 1 amide bonds. The highest BCUT2D eigenvalue weighted by Crippen LogP contribution is 2.15. The van der Waals surface area contributed by atoms with Gasteiger partial charge in [0.25, 0.3) is 0 Å². The minimum Gasteiger partial charge on any atom is -0.497 e. The zero-order valence-electron chi connectivity index (χ0n) is 20.8. The molecule has 2 unspecified atom stereocenters. The Balaban J connectivity index is 2.61. The molecule has 0 aromatic heterocycles. The fraction of sp³-hybridized carbons (Fsp3) is 0.519. The van der Waals surface area contributed by atoms with Crippen LogP contribution in [-0.2, 0) is 16.1 Å². The number of aliphatic hydroxyl groups excluding tert-OH is 1. The minimum absolute atomic E-state index is 0.00946. The molecule has 1 aromatic rings. The molecule has 0 spiro atoms. The molecule has 0 heterocycles. The Morgan fingerprint density at radius 1 is 1.24 bits per heavy atom. The minimum atomic E-state index is -0.596. The molecular weight excluding hydrogens is 418 g/mol. The van der Waals surface area contributed by atoms with Gasteiger partial charge in [-0.15, -0.1) is 6.58 Å². The van der Waals surface area contributed by atoms with Crippen LogP contribution in [-0.4, -0.2) is 43.2 Å². The van der Waals surface area contributed by atoms with E-state index in [1.54, 1.807) is 19.3 Å². The number of ether oxygens (including phenoxy) is 3. The van der Waals surface area contributed by atoms with E-state index in [2.05, 4.69) is 18.0 Å². The van der Waals surface area contributed by atoms with E-state index in [1.165, 1.54) is 0 Å². The van der Waals surface area contributed by atoms with Gasteiger partial charge in [-0.3, -0.25) is 0 Å². The monoisotopic (exact) mass is 459 g/mol.